The number of non-ortho nitro benzene ring substituents is 1. The normalized spacial score (nSPS) is 14.2. The van der Waals surface area contributed by atoms with Gasteiger partial charge in [0.05, 0.1) is 27.1 Å². The number of halogens is 1. The number of Topliss-reactive ketones (excluding diaryl/α,β-unsaturated/α-hetero) is 1. The first-order chi connectivity index (χ1) is 17.8. The van der Waals surface area contributed by atoms with Crippen molar-refractivity contribution in [3.8, 4) is 11.5 Å². The van der Waals surface area contributed by atoms with Gasteiger partial charge in [-0.3, -0.25) is 29.4 Å². The van der Waals surface area contributed by atoms with Crippen molar-refractivity contribution in [1.29, 1.82) is 0 Å². The Bertz CT molecular complexity index is 1410. The van der Waals surface area contributed by atoms with E-state index < -0.39 is 28.4 Å². The Hall–Kier alpha value is -3.71. The average Bonchev–Trinajstić information content (AvgIpc) is 3.15. The van der Waals surface area contributed by atoms with Crippen molar-refractivity contribution in [3.63, 3.8) is 0 Å². The quantitative estimate of drug-likeness (QED) is 0.0972. The standard InChI is InChI=1S/C26H19IN2O7S/c1-35-22-12-17(11-20(27)24(22)36-15-16-5-3-2-4-6-16)13-23-25(31)28(26(32)37-23)14-21(30)18-7-9-19(10-8-18)29(33)34/h2-13H,14-15H2,1H3/b23-13+. The third-order valence-corrected chi connectivity index (χ3v) is 7.06. The lowest BCUT2D eigenvalue weighted by molar-refractivity contribution is -0.384. The predicted molar refractivity (Wildman–Crippen MR) is 147 cm³/mol. The van der Waals surface area contributed by atoms with Gasteiger partial charge in [0, 0.05) is 17.7 Å². The minimum Gasteiger partial charge on any atom is -0.493 e. The van der Waals surface area contributed by atoms with Crippen LogP contribution in [0.15, 0.2) is 71.6 Å². The van der Waals surface area contributed by atoms with Crippen molar-refractivity contribution in [2.24, 2.45) is 0 Å². The van der Waals surface area contributed by atoms with Crippen LogP contribution in [0.3, 0.4) is 0 Å². The first-order valence-corrected chi connectivity index (χ1v) is 12.7. The molecule has 1 saturated heterocycles. The van der Waals surface area contributed by atoms with Crippen LogP contribution in [-0.2, 0) is 11.4 Å². The third kappa shape index (κ3) is 6.17. The van der Waals surface area contributed by atoms with Gasteiger partial charge in [0.2, 0.25) is 0 Å². The fourth-order valence-electron chi connectivity index (χ4n) is 3.48. The minimum atomic E-state index is -0.594. The van der Waals surface area contributed by atoms with Crippen LogP contribution in [0.1, 0.15) is 21.5 Å². The number of carbonyl (C=O) groups excluding carboxylic acids is 3. The van der Waals surface area contributed by atoms with Crippen LogP contribution in [0, 0.1) is 13.7 Å². The molecule has 188 valence electrons. The van der Waals surface area contributed by atoms with E-state index in [9.17, 15) is 24.5 Å². The van der Waals surface area contributed by atoms with E-state index in [-0.39, 0.29) is 16.2 Å². The zero-order chi connectivity index (χ0) is 26.5. The Kier molecular flexibility index (Phi) is 8.24. The maximum Gasteiger partial charge on any atom is 0.293 e. The highest BCUT2D eigenvalue weighted by Crippen LogP contribution is 2.37. The number of nitrogens with zero attached hydrogens (tertiary/aromatic N) is 2. The highest BCUT2D eigenvalue weighted by Gasteiger charge is 2.36. The van der Waals surface area contributed by atoms with Gasteiger partial charge >= 0.3 is 0 Å². The van der Waals surface area contributed by atoms with Crippen LogP contribution in [0.2, 0.25) is 0 Å². The molecule has 0 atom stereocenters. The molecule has 11 heteroatoms. The van der Waals surface area contributed by atoms with Crippen LogP contribution in [-0.4, -0.2) is 40.4 Å². The van der Waals surface area contributed by atoms with E-state index >= 15 is 0 Å². The summed E-state index contributed by atoms with van der Waals surface area (Å²) in [5, 5.41) is 10.2. The zero-order valence-corrected chi connectivity index (χ0v) is 22.4. The van der Waals surface area contributed by atoms with Gasteiger partial charge in [0.1, 0.15) is 6.61 Å². The van der Waals surface area contributed by atoms with Crippen LogP contribution < -0.4 is 9.47 Å². The number of hydrogen-bond acceptors (Lipinski definition) is 8. The molecule has 1 aliphatic rings. The van der Waals surface area contributed by atoms with E-state index in [1.807, 2.05) is 30.3 Å². The number of ketones is 1. The first-order valence-electron chi connectivity index (χ1n) is 10.8. The van der Waals surface area contributed by atoms with E-state index in [2.05, 4.69) is 22.6 Å². The summed E-state index contributed by atoms with van der Waals surface area (Å²) < 4.78 is 12.2. The highest BCUT2D eigenvalue weighted by molar-refractivity contribution is 14.1. The lowest BCUT2D eigenvalue weighted by atomic mass is 10.1. The second-order valence-corrected chi connectivity index (χ2v) is 9.96. The second kappa shape index (κ2) is 11.6. The van der Waals surface area contributed by atoms with Gasteiger partial charge in [-0.05, 0) is 75.8 Å². The number of imide groups is 1. The number of rotatable bonds is 9. The smallest absolute Gasteiger partial charge is 0.293 e. The number of amides is 2. The molecule has 9 nitrogen and oxygen atoms in total. The molecular weight excluding hydrogens is 611 g/mol. The number of ether oxygens (including phenoxy) is 2. The fraction of sp³-hybridized carbons (Fsp3) is 0.115. The summed E-state index contributed by atoms with van der Waals surface area (Å²) in [7, 11) is 1.52. The number of hydrogen-bond donors (Lipinski definition) is 0. The molecule has 0 radical (unpaired) electrons. The number of benzene rings is 3. The maximum absolute atomic E-state index is 12.9. The predicted octanol–water partition coefficient (Wildman–Crippen LogP) is 5.71. The molecule has 1 heterocycles. The molecule has 0 bridgehead atoms. The molecule has 2 amide bonds. The molecule has 1 aliphatic heterocycles. The molecule has 0 saturated carbocycles. The van der Waals surface area contributed by atoms with Gasteiger partial charge in [-0.25, -0.2) is 0 Å². The van der Waals surface area contributed by atoms with Crippen molar-refractivity contribution in [1.82, 2.24) is 4.90 Å². The molecule has 0 unspecified atom stereocenters. The summed E-state index contributed by atoms with van der Waals surface area (Å²) in [5.74, 6) is -0.0641. The molecule has 37 heavy (non-hydrogen) atoms. The van der Waals surface area contributed by atoms with Crippen LogP contribution >= 0.6 is 34.4 Å². The topological polar surface area (TPSA) is 116 Å². The molecule has 3 aromatic rings. The van der Waals surface area contributed by atoms with E-state index in [1.165, 1.54) is 31.4 Å². The summed E-state index contributed by atoms with van der Waals surface area (Å²) in [5.41, 5.74) is 1.63. The van der Waals surface area contributed by atoms with Crippen molar-refractivity contribution < 1.29 is 28.8 Å². The molecule has 3 aromatic carbocycles. The number of thioether (sulfide) groups is 1. The molecule has 0 aromatic heterocycles. The first kappa shape index (κ1) is 26.4. The third-order valence-electron chi connectivity index (χ3n) is 5.35. The van der Waals surface area contributed by atoms with E-state index in [0.29, 0.717) is 23.7 Å². The minimum absolute atomic E-state index is 0.160. The molecule has 0 N–H and O–H groups in total. The van der Waals surface area contributed by atoms with E-state index in [0.717, 1.165) is 25.8 Å². The van der Waals surface area contributed by atoms with E-state index in [1.54, 1.807) is 18.2 Å². The van der Waals surface area contributed by atoms with Gasteiger partial charge in [-0.1, -0.05) is 30.3 Å². The monoisotopic (exact) mass is 630 g/mol. The fourth-order valence-corrected chi connectivity index (χ4v) is 5.10. The summed E-state index contributed by atoms with van der Waals surface area (Å²) in [6.07, 6.45) is 1.56. The number of nitro benzene ring substituents is 1. The van der Waals surface area contributed by atoms with Gasteiger partial charge in [0.15, 0.2) is 17.3 Å². The second-order valence-electron chi connectivity index (χ2n) is 7.80. The van der Waals surface area contributed by atoms with Crippen molar-refractivity contribution >= 4 is 63.0 Å². The number of methoxy groups -OCH3 is 1. The summed E-state index contributed by atoms with van der Waals surface area (Å²) in [4.78, 5) is 49.3. The number of carbonyl (C=O) groups is 3. The molecule has 0 aliphatic carbocycles. The Morgan fingerprint density at radius 1 is 1.11 bits per heavy atom. The Morgan fingerprint density at radius 3 is 2.46 bits per heavy atom. The largest absolute Gasteiger partial charge is 0.493 e. The molecule has 1 fully saturated rings. The average molecular weight is 630 g/mol. The Morgan fingerprint density at radius 2 is 1.81 bits per heavy atom. The summed E-state index contributed by atoms with van der Waals surface area (Å²) in [6, 6.07) is 18.2. The zero-order valence-electron chi connectivity index (χ0n) is 19.4. The van der Waals surface area contributed by atoms with Crippen LogP contribution in [0.4, 0.5) is 10.5 Å². The Balaban J connectivity index is 1.49. The van der Waals surface area contributed by atoms with Gasteiger partial charge in [-0.15, -0.1) is 0 Å². The maximum atomic E-state index is 12.9. The molecule has 0 spiro atoms. The lowest BCUT2D eigenvalue weighted by Gasteiger charge is -2.14. The van der Waals surface area contributed by atoms with Crippen LogP contribution in [0.25, 0.3) is 6.08 Å². The van der Waals surface area contributed by atoms with Crippen molar-refractivity contribution in [2.45, 2.75) is 6.61 Å². The molecule has 4 rings (SSSR count). The highest BCUT2D eigenvalue weighted by atomic mass is 127. The molecular formula is C26H19IN2O7S. The lowest BCUT2D eigenvalue weighted by Crippen LogP contribution is -2.33. The summed E-state index contributed by atoms with van der Waals surface area (Å²) >= 11 is 2.85. The SMILES string of the molecule is COc1cc(/C=C2/SC(=O)N(CC(=O)c3ccc([N+](=O)[O-])cc3)C2=O)cc(I)c1OCc1ccccc1. The van der Waals surface area contributed by atoms with Gasteiger partial charge < -0.3 is 9.47 Å². The van der Waals surface area contributed by atoms with Crippen molar-refractivity contribution in [3.05, 3.63) is 102 Å². The van der Waals surface area contributed by atoms with E-state index in [4.69, 9.17) is 9.47 Å². The van der Waals surface area contributed by atoms with Gasteiger partial charge in [0.25, 0.3) is 16.8 Å². The summed E-state index contributed by atoms with van der Waals surface area (Å²) in [6.45, 7) is -0.110. The number of nitro groups is 1. The van der Waals surface area contributed by atoms with Crippen LogP contribution in [0.5, 0.6) is 11.5 Å². The van der Waals surface area contributed by atoms with Crippen molar-refractivity contribution in [2.75, 3.05) is 13.7 Å². The Labute approximate surface area is 229 Å². The van der Waals surface area contributed by atoms with Gasteiger partial charge in [-0.2, -0.15) is 0 Å².